The van der Waals surface area contributed by atoms with Crippen LogP contribution in [-0.2, 0) is 17.7 Å². The molecular formula is C24H22FN5O2. The molecule has 0 fully saturated rings. The van der Waals surface area contributed by atoms with E-state index in [-0.39, 0.29) is 18.4 Å². The summed E-state index contributed by atoms with van der Waals surface area (Å²) in [6.45, 7) is 5.10. The molecule has 0 aliphatic carbocycles. The van der Waals surface area contributed by atoms with Gasteiger partial charge in [-0.1, -0.05) is 30.3 Å². The van der Waals surface area contributed by atoms with E-state index in [4.69, 9.17) is 4.74 Å². The summed E-state index contributed by atoms with van der Waals surface area (Å²) in [5.41, 5.74) is 4.77. The Morgan fingerprint density at radius 1 is 1.09 bits per heavy atom. The summed E-state index contributed by atoms with van der Waals surface area (Å²) in [7, 11) is 0. The van der Waals surface area contributed by atoms with Gasteiger partial charge in [-0.15, -0.1) is 0 Å². The van der Waals surface area contributed by atoms with Crippen LogP contribution in [0.1, 0.15) is 34.1 Å². The number of benzene rings is 1. The van der Waals surface area contributed by atoms with Crippen molar-refractivity contribution in [2.75, 3.05) is 18.1 Å². The number of esters is 1. The van der Waals surface area contributed by atoms with E-state index in [2.05, 4.69) is 27.1 Å². The number of carbonyl (C=O) groups excluding carboxylic acids is 1. The lowest BCUT2D eigenvalue weighted by molar-refractivity contribution is 0.0517. The molecule has 7 nitrogen and oxygen atoms in total. The molecule has 1 aromatic carbocycles. The fourth-order valence-corrected chi connectivity index (χ4v) is 4.33. The van der Waals surface area contributed by atoms with Gasteiger partial charge in [0.05, 0.1) is 12.1 Å². The van der Waals surface area contributed by atoms with Crippen molar-refractivity contribution in [1.82, 2.24) is 19.4 Å². The van der Waals surface area contributed by atoms with Crippen LogP contribution in [0.15, 0.2) is 48.7 Å². The summed E-state index contributed by atoms with van der Waals surface area (Å²) in [6.07, 6.45) is 1.76. The number of fused-ring (bicyclic) bond motifs is 2. The van der Waals surface area contributed by atoms with Crippen molar-refractivity contribution in [2.45, 2.75) is 26.8 Å². The van der Waals surface area contributed by atoms with Gasteiger partial charge in [0, 0.05) is 24.8 Å². The second kappa shape index (κ2) is 8.03. The van der Waals surface area contributed by atoms with Crippen molar-refractivity contribution in [3.8, 4) is 11.4 Å². The van der Waals surface area contributed by atoms with Gasteiger partial charge < -0.3 is 14.0 Å². The molecule has 4 heterocycles. The highest BCUT2D eigenvalue weighted by molar-refractivity contribution is 5.97. The van der Waals surface area contributed by atoms with Gasteiger partial charge in [0.2, 0.25) is 5.95 Å². The molecule has 0 spiro atoms. The molecule has 5 rings (SSSR count). The van der Waals surface area contributed by atoms with E-state index in [9.17, 15) is 9.18 Å². The monoisotopic (exact) mass is 431 g/mol. The number of hydrogen-bond acceptors (Lipinski definition) is 6. The van der Waals surface area contributed by atoms with Gasteiger partial charge in [0.1, 0.15) is 5.69 Å². The van der Waals surface area contributed by atoms with E-state index >= 15 is 0 Å². The maximum Gasteiger partial charge on any atom is 0.355 e. The Labute approximate surface area is 184 Å². The van der Waals surface area contributed by atoms with Crippen LogP contribution in [0.25, 0.3) is 16.9 Å². The fraction of sp³-hybridized carbons (Fsp3) is 0.250. The number of hydrogen-bond donors (Lipinski definition) is 0. The number of anilines is 1. The summed E-state index contributed by atoms with van der Waals surface area (Å²) in [4.78, 5) is 27.2. The van der Waals surface area contributed by atoms with Crippen LogP contribution >= 0.6 is 0 Å². The van der Waals surface area contributed by atoms with Crippen LogP contribution in [0.5, 0.6) is 0 Å². The highest BCUT2D eigenvalue weighted by Crippen LogP contribution is 2.32. The Kier molecular flexibility index (Phi) is 5.05. The molecule has 32 heavy (non-hydrogen) atoms. The van der Waals surface area contributed by atoms with E-state index in [0.29, 0.717) is 35.4 Å². The standard InChI is InChI=1S/C24H22FN5O2/c1-3-32-22(31)20-15(2)19(18-10-6-7-12-30(18)20)21-26-23(25)28-24(27-21)29-13-11-16-8-4-5-9-17(16)14-29/h4-10,12H,3,11,13-14H2,1-2H3. The van der Waals surface area contributed by atoms with Crippen LogP contribution < -0.4 is 4.90 Å². The normalized spacial score (nSPS) is 13.3. The molecule has 0 saturated heterocycles. The Morgan fingerprint density at radius 2 is 1.88 bits per heavy atom. The highest BCUT2D eigenvalue weighted by atomic mass is 19.1. The minimum absolute atomic E-state index is 0.197. The molecule has 162 valence electrons. The quantitative estimate of drug-likeness (QED) is 0.455. The molecular weight excluding hydrogens is 409 g/mol. The van der Waals surface area contributed by atoms with Gasteiger partial charge in [0.15, 0.2) is 5.82 Å². The maximum atomic E-state index is 14.6. The molecule has 0 unspecified atom stereocenters. The highest BCUT2D eigenvalue weighted by Gasteiger charge is 2.26. The minimum Gasteiger partial charge on any atom is -0.461 e. The number of rotatable bonds is 4. The smallest absolute Gasteiger partial charge is 0.355 e. The van der Waals surface area contributed by atoms with Crippen molar-refractivity contribution in [2.24, 2.45) is 0 Å². The Hall–Kier alpha value is -3.81. The Morgan fingerprint density at radius 3 is 2.69 bits per heavy atom. The second-order valence-electron chi connectivity index (χ2n) is 7.69. The van der Waals surface area contributed by atoms with E-state index in [1.54, 1.807) is 24.4 Å². The molecule has 0 saturated carbocycles. The topological polar surface area (TPSA) is 72.6 Å². The molecule has 3 aromatic heterocycles. The largest absolute Gasteiger partial charge is 0.461 e. The lowest BCUT2D eigenvalue weighted by Crippen LogP contribution is -2.32. The molecule has 0 amide bonds. The summed E-state index contributed by atoms with van der Waals surface area (Å²) >= 11 is 0. The number of ether oxygens (including phenoxy) is 1. The Balaban J connectivity index is 1.62. The van der Waals surface area contributed by atoms with Crippen molar-refractivity contribution in [3.05, 3.63) is 77.1 Å². The van der Waals surface area contributed by atoms with Gasteiger partial charge in [-0.05, 0) is 49.1 Å². The lowest BCUT2D eigenvalue weighted by atomic mass is 10.0. The van der Waals surface area contributed by atoms with Crippen LogP contribution in [-0.4, -0.2) is 38.5 Å². The summed E-state index contributed by atoms with van der Waals surface area (Å²) < 4.78 is 21.6. The SMILES string of the molecule is CCOC(=O)c1c(C)c(-c2nc(F)nc(N3CCc4ccccc4C3)n2)c2ccccn12. The number of halogens is 1. The molecule has 0 atom stereocenters. The van der Waals surface area contributed by atoms with E-state index < -0.39 is 12.0 Å². The van der Waals surface area contributed by atoms with Crippen molar-refractivity contribution in [3.63, 3.8) is 0 Å². The van der Waals surface area contributed by atoms with Gasteiger partial charge in [-0.3, -0.25) is 0 Å². The average molecular weight is 431 g/mol. The third-order valence-electron chi connectivity index (χ3n) is 5.79. The van der Waals surface area contributed by atoms with Gasteiger partial charge in [-0.25, -0.2) is 4.79 Å². The number of aromatic nitrogens is 4. The fourth-order valence-electron chi connectivity index (χ4n) is 4.33. The molecule has 0 bridgehead atoms. The average Bonchev–Trinajstić information content (AvgIpc) is 3.10. The third-order valence-corrected chi connectivity index (χ3v) is 5.79. The first-order chi connectivity index (χ1) is 15.6. The molecule has 0 N–H and O–H groups in total. The number of nitrogens with zero attached hydrogens (tertiary/aromatic N) is 5. The van der Waals surface area contributed by atoms with Crippen molar-refractivity contribution >= 4 is 17.4 Å². The molecule has 1 aliphatic rings. The van der Waals surface area contributed by atoms with E-state index in [1.165, 1.54) is 11.1 Å². The van der Waals surface area contributed by atoms with Crippen LogP contribution in [0, 0.1) is 13.0 Å². The Bertz CT molecular complexity index is 1330. The first-order valence-electron chi connectivity index (χ1n) is 10.6. The second-order valence-corrected chi connectivity index (χ2v) is 7.69. The first kappa shape index (κ1) is 20.1. The zero-order valence-electron chi connectivity index (χ0n) is 17.9. The molecule has 8 heteroatoms. The lowest BCUT2D eigenvalue weighted by Gasteiger charge is -2.28. The summed E-state index contributed by atoms with van der Waals surface area (Å²) in [5.74, 6) is 0.0392. The zero-order valence-corrected chi connectivity index (χ0v) is 17.9. The first-order valence-corrected chi connectivity index (χ1v) is 10.6. The van der Waals surface area contributed by atoms with Crippen molar-refractivity contribution < 1.29 is 13.9 Å². The van der Waals surface area contributed by atoms with E-state index in [0.717, 1.165) is 6.42 Å². The van der Waals surface area contributed by atoms with Crippen molar-refractivity contribution in [1.29, 1.82) is 0 Å². The summed E-state index contributed by atoms with van der Waals surface area (Å²) in [5, 5.41) is 0. The molecule has 4 aromatic rings. The number of carbonyl (C=O) groups is 1. The minimum atomic E-state index is -0.851. The van der Waals surface area contributed by atoms with Gasteiger partial charge in [0.25, 0.3) is 0 Å². The third kappa shape index (κ3) is 3.37. The van der Waals surface area contributed by atoms with E-state index in [1.807, 2.05) is 35.2 Å². The van der Waals surface area contributed by atoms with Crippen LogP contribution in [0.3, 0.4) is 0 Å². The van der Waals surface area contributed by atoms with Gasteiger partial charge in [-0.2, -0.15) is 19.3 Å². The molecule has 0 radical (unpaired) electrons. The molecule has 1 aliphatic heterocycles. The van der Waals surface area contributed by atoms with Gasteiger partial charge >= 0.3 is 12.0 Å². The zero-order chi connectivity index (χ0) is 22.2. The predicted molar refractivity (Wildman–Crippen MR) is 118 cm³/mol. The van der Waals surface area contributed by atoms with Crippen LogP contribution in [0.4, 0.5) is 10.3 Å². The number of pyridine rings is 1. The maximum absolute atomic E-state index is 14.6. The predicted octanol–water partition coefficient (Wildman–Crippen LogP) is 3.98. The summed E-state index contributed by atoms with van der Waals surface area (Å²) in [6, 6.07) is 13.7. The van der Waals surface area contributed by atoms with Crippen LogP contribution in [0.2, 0.25) is 0 Å².